The molecule has 3 rings (SSSR count). The van der Waals surface area contributed by atoms with Crippen LogP contribution in [0.15, 0.2) is 23.1 Å². The van der Waals surface area contributed by atoms with Gasteiger partial charge in [-0.05, 0) is 22.0 Å². The van der Waals surface area contributed by atoms with Gasteiger partial charge in [0.2, 0.25) is 0 Å². The summed E-state index contributed by atoms with van der Waals surface area (Å²) in [7, 11) is 3.98. The average Bonchev–Trinajstić information content (AvgIpc) is 2.78. The number of hydrogen-bond acceptors (Lipinski definition) is 4. The standard InChI is InChI=1S/C10H9BrN4S/c1-14(2)8-7-9(13-5-12-8)16-10-6(11)3-4-15(7)10/h3-5H,1-2H3. The SMILES string of the molecule is CN(C)c1ncnc2sc3c(Br)ccn3c12. The van der Waals surface area contributed by atoms with Crippen molar-refractivity contribution >= 4 is 48.3 Å². The molecule has 0 aliphatic rings. The Hall–Kier alpha value is -1.14. The molecular weight excluding hydrogens is 288 g/mol. The largest absolute Gasteiger partial charge is 0.361 e. The molecule has 0 atom stereocenters. The molecule has 0 aliphatic carbocycles. The van der Waals surface area contributed by atoms with E-state index in [0.29, 0.717) is 0 Å². The van der Waals surface area contributed by atoms with Crippen LogP contribution in [-0.2, 0) is 0 Å². The van der Waals surface area contributed by atoms with Gasteiger partial charge in [-0.15, -0.1) is 0 Å². The van der Waals surface area contributed by atoms with Crippen molar-refractivity contribution in [2.75, 3.05) is 19.0 Å². The molecule has 0 saturated heterocycles. The molecule has 0 N–H and O–H groups in total. The van der Waals surface area contributed by atoms with E-state index >= 15 is 0 Å². The number of hydrogen-bond donors (Lipinski definition) is 0. The molecule has 3 aromatic heterocycles. The molecule has 0 unspecified atom stereocenters. The van der Waals surface area contributed by atoms with Crippen LogP contribution in [0.3, 0.4) is 0 Å². The molecule has 0 aliphatic heterocycles. The zero-order chi connectivity index (χ0) is 11.3. The van der Waals surface area contributed by atoms with Crippen LogP contribution >= 0.6 is 27.3 Å². The van der Waals surface area contributed by atoms with Crippen molar-refractivity contribution in [3.8, 4) is 0 Å². The van der Waals surface area contributed by atoms with Crippen molar-refractivity contribution < 1.29 is 0 Å². The normalized spacial score (nSPS) is 11.4. The molecule has 0 amide bonds. The van der Waals surface area contributed by atoms with Gasteiger partial charge in [0.1, 0.15) is 21.5 Å². The fourth-order valence-corrected chi connectivity index (χ4v) is 3.26. The molecule has 3 heterocycles. The predicted molar refractivity (Wildman–Crippen MR) is 70.4 cm³/mol. The summed E-state index contributed by atoms with van der Waals surface area (Å²) in [5.74, 6) is 0.944. The molecule has 0 spiro atoms. The van der Waals surface area contributed by atoms with Gasteiger partial charge in [-0.25, -0.2) is 9.97 Å². The number of thiazole rings is 1. The van der Waals surface area contributed by atoms with Crippen molar-refractivity contribution in [2.24, 2.45) is 0 Å². The first-order valence-electron chi connectivity index (χ1n) is 4.76. The molecular formula is C10H9BrN4S. The molecule has 82 valence electrons. The van der Waals surface area contributed by atoms with E-state index in [0.717, 1.165) is 20.6 Å². The van der Waals surface area contributed by atoms with E-state index in [2.05, 4.69) is 30.3 Å². The zero-order valence-corrected chi connectivity index (χ0v) is 11.2. The predicted octanol–water partition coefficient (Wildman–Crippen LogP) is 2.77. The molecule has 4 nitrogen and oxygen atoms in total. The van der Waals surface area contributed by atoms with Crippen molar-refractivity contribution in [3.05, 3.63) is 23.1 Å². The number of anilines is 1. The fraction of sp³-hybridized carbons (Fsp3) is 0.200. The minimum Gasteiger partial charge on any atom is -0.361 e. The molecule has 0 saturated carbocycles. The molecule has 16 heavy (non-hydrogen) atoms. The van der Waals surface area contributed by atoms with E-state index in [4.69, 9.17) is 0 Å². The summed E-state index contributed by atoms with van der Waals surface area (Å²) in [6, 6.07) is 2.04. The van der Waals surface area contributed by atoms with Crippen LogP contribution in [0.2, 0.25) is 0 Å². The van der Waals surface area contributed by atoms with Crippen molar-refractivity contribution in [2.45, 2.75) is 0 Å². The van der Waals surface area contributed by atoms with Crippen LogP contribution < -0.4 is 4.90 Å². The smallest absolute Gasteiger partial charge is 0.157 e. The monoisotopic (exact) mass is 296 g/mol. The lowest BCUT2D eigenvalue weighted by Gasteiger charge is -2.11. The Morgan fingerprint density at radius 3 is 2.94 bits per heavy atom. The van der Waals surface area contributed by atoms with Gasteiger partial charge in [-0.1, -0.05) is 11.3 Å². The second-order valence-electron chi connectivity index (χ2n) is 3.69. The Balaban J connectivity index is 2.52. The van der Waals surface area contributed by atoms with Crippen LogP contribution in [-0.4, -0.2) is 28.5 Å². The van der Waals surface area contributed by atoms with Crippen molar-refractivity contribution in [3.63, 3.8) is 0 Å². The third-order valence-electron chi connectivity index (χ3n) is 2.42. The van der Waals surface area contributed by atoms with Crippen molar-refractivity contribution in [1.29, 1.82) is 0 Å². The number of rotatable bonds is 1. The highest BCUT2D eigenvalue weighted by molar-refractivity contribution is 9.10. The topological polar surface area (TPSA) is 33.4 Å². The quantitative estimate of drug-likeness (QED) is 0.692. The molecule has 0 aromatic carbocycles. The Bertz CT molecular complexity index is 670. The minimum absolute atomic E-state index is 0.944. The highest BCUT2D eigenvalue weighted by atomic mass is 79.9. The van der Waals surface area contributed by atoms with Gasteiger partial charge >= 0.3 is 0 Å². The summed E-state index contributed by atoms with van der Waals surface area (Å²) in [5.41, 5.74) is 1.07. The lowest BCUT2D eigenvalue weighted by atomic mass is 10.5. The van der Waals surface area contributed by atoms with Crippen LogP contribution in [0.5, 0.6) is 0 Å². The van der Waals surface area contributed by atoms with E-state index in [-0.39, 0.29) is 0 Å². The van der Waals surface area contributed by atoms with Crippen LogP contribution in [0.4, 0.5) is 5.82 Å². The van der Waals surface area contributed by atoms with Gasteiger partial charge < -0.3 is 9.30 Å². The Morgan fingerprint density at radius 1 is 1.38 bits per heavy atom. The molecule has 0 radical (unpaired) electrons. The average molecular weight is 297 g/mol. The van der Waals surface area contributed by atoms with Gasteiger partial charge in [-0.2, -0.15) is 0 Å². The first-order chi connectivity index (χ1) is 7.68. The van der Waals surface area contributed by atoms with E-state index in [9.17, 15) is 0 Å². The Labute approximate surface area is 105 Å². The molecule has 6 heteroatoms. The second-order valence-corrected chi connectivity index (χ2v) is 5.52. The van der Waals surface area contributed by atoms with E-state index in [1.54, 1.807) is 17.7 Å². The van der Waals surface area contributed by atoms with Crippen molar-refractivity contribution in [1.82, 2.24) is 14.4 Å². The number of halogens is 1. The summed E-state index contributed by atoms with van der Waals surface area (Å²) in [6.07, 6.45) is 3.65. The summed E-state index contributed by atoms with van der Waals surface area (Å²) in [6.45, 7) is 0. The zero-order valence-electron chi connectivity index (χ0n) is 8.81. The highest BCUT2D eigenvalue weighted by Crippen LogP contribution is 2.34. The maximum atomic E-state index is 4.32. The van der Waals surface area contributed by atoms with Gasteiger partial charge in [0.25, 0.3) is 0 Å². The first-order valence-corrected chi connectivity index (χ1v) is 6.37. The molecule has 0 bridgehead atoms. The van der Waals surface area contributed by atoms with Gasteiger partial charge in [-0.3, -0.25) is 0 Å². The number of fused-ring (bicyclic) bond motifs is 3. The maximum Gasteiger partial charge on any atom is 0.157 e. The lowest BCUT2D eigenvalue weighted by molar-refractivity contribution is 1.05. The number of nitrogens with zero attached hydrogens (tertiary/aromatic N) is 4. The molecule has 0 fully saturated rings. The minimum atomic E-state index is 0.944. The van der Waals surface area contributed by atoms with Crippen LogP contribution in [0.25, 0.3) is 15.2 Å². The van der Waals surface area contributed by atoms with Crippen LogP contribution in [0.1, 0.15) is 0 Å². The van der Waals surface area contributed by atoms with E-state index in [1.807, 2.05) is 31.3 Å². The fourth-order valence-electron chi connectivity index (χ4n) is 1.73. The van der Waals surface area contributed by atoms with Gasteiger partial charge in [0.15, 0.2) is 5.82 Å². The highest BCUT2D eigenvalue weighted by Gasteiger charge is 2.14. The Morgan fingerprint density at radius 2 is 2.19 bits per heavy atom. The van der Waals surface area contributed by atoms with E-state index in [1.165, 1.54) is 4.83 Å². The Kier molecular flexibility index (Phi) is 2.15. The summed E-state index contributed by atoms with van der Waals surface area (Å²) >= 11 is 5.20. The summed E-state index contributed by atoms with van der Waals surface area (Å²) in [4.78, 5) is 12.8. The van der Waals surface area contributed by atoms with Gasteiger partial charge in [0, 0.05) is 20.3 Å². The summed E-state index contributed by atoms with van der Waals surface area (Å²) < 4.78 is 3.22. The third kappa shape index (κ3) is 1.26. The van der Waals surface area contributed by atoms with Crippen LogP contribution in [0, 0.1) is 0 Å². The molecule has 3 aromatic rings. The second kappa shape index (κ2) is 3.43. The first kappa shape index (κ1) is 10.0. The van der Waals surface area contributed by atoms with E-state index < -0.39 is 0 Å². The summed E-state index contributed by atoms with van der Waals surface area (Å²) in [5, 5.41) is 0. The third-order valence-corrected chi connectivity index (χ3v) is 4.42. The van der Waals surface area contributed by atoms with Gasteiger partial charge in [0.05, 0.1) is 4.47 Å². The number of aromatic nitrogens is 3. The lowest BCUT2D eigenvalue weighted by Crippen LogP contribution is -2.11. The maximum absolute atomic E-state index is 4.32.